The molecular weight excluding hydrogens is 355 g/mol. The SMILES string of the molecule is CCC(CC)(CNC(=O)c1sc(Cc2ccc(F)cc2)nc1C)C(=O)O. The molecule has 0 saturated carbocycles. The Balaban J connectivity index is 2.09. The number of carboxylic acids is 1. The van der Waals surface area contributed by atoms with Gasteiger partial charge in [0.2, 0.25) is 0 Å². The highest BCUT2D eigenvalue weighted by molar-refractivity contribution is 7.13. The Labute approximate surface area is 156 Å². The number of aliphatic carboxylic acids is 1. The molecule has 0 spiro atoms. The second-order valence-electron chi connectivity index (χ2n) is 6.30. The minimum absolute atomic E-state index is 0.0821. The fourth-order valence-corrected chi connectivity index (χ4v) is 3.74. The molecule has 0 bridgehead atoms. The second-order valence-corrected chi connectivity index (χ2v) is 7.38. The summed E-state index contributed by atoms with van der Waals surface area (Å²) < 4.78 is 13.0. The van der Waals surface area contributed by atoms with Gasteiger partial charge in [-0.25, -0.2) is 9.37 Å². The number of hydrogen-bond donors (Lipinski definition) is 2. The van der Waals surface area contributed by atoms with Crippen LogP contribution in [-0.4, -0.2) is 28.5 Å². The number of benzene rings is 1. The first-order valence-electron chi connectivity index (χ1n) is 8.53. The normalized spacial score (nSPS) is 11.4. The average molecular weight is 378 g/mol. The van der Waals surface area contributed by atoms with Crippen molar-refractivity contribution in [3.05, 3.63) is 51.2 Å². The first-order chi connectivity index (χ1) is 12.3. The van der Waals surface area contributed by atoms with Crippen LogP contribution in [0.5, 0.6) is 0 Å². The Bertz CT molecular complexity index is 783. The van der Waals surface area contributed by atoms with Crippen molar-refractivity contribution in [2.75, 3.05) is 6.54 Å². The van der Waals surface area contributed by atoms with Gasteiger partial charge < -0.3 is 10.4 Å². The number of carbonyl (C=O) groups excluding carboxylic acids is 1. The van der Waals surface area contributed by atoms with Gasteiger partial charge in [0.1, 0.15) is 10.7 Å². The standard InChI is InChI=1S/C19H23FN2O3S/c1-4-19(5-2,18(24)25)11-21-17(23)16-12(3)22-15(26-16)10-13-6-8-14(20)9-7-13/h6-9H,4-5,10-11H2,1-3H3,(H,21,23)(H,24,25). The summed E-state index contributed by atoms with van der Waals surface area (Å²) in [7, 11) is 0. The number of aromatic nitrogens is 1. The molecule has 140 valence electrons. The zero-order valence-corrected chi connectivity index (χ0v) is 16.0. The van der Waals surface area contributed by atoms with Gasteiger partial charge in [0.05, 0.1) is 16.1 Å². The number of nitrogens with one attached hydrogen (secondary N) is 1. The third-order valence-corrected chi connectivity index (χ3v) is 5.87. The molecule has 0 fully saturated rings. The van der Waals surface area contributed by atoms with E-state index in [1.54, 1.807) is 19.1 Å². The van der Waals surface area contributed by atoms with Gasteiger partial charge in [-0.15, -0.1) is 11.3 Å². The van der Waals surface area contributed by atoms with Crippen molar-refractivity contribution in [2.24, 2.45) is 5.41 Å². The topological polar surface area (TPSA) is 79.3 Å². The average Bonchev–Trinajstić information content (AvgIpc) is 2.98. The summed E-state index contributed by atoms with van der Waals surface area (Å²) in [4.78, 5) is 28.9. The van der Waals surface area contributed by atoms with Gasteiger partial charge in [-0.2, -0.15) is 0 Å². The van der Waals surface area contributed by atoms with Gasteiger partial charge in [0.25, 0.3) is 5.91 Å². The van der Waals surface area contributed by atoms with Gasteiger partial charge in [0, 0.05) is 13.0 Å². The molecule has 0 unspecified atom stereocenters. The molecule has 7 heteroatoms. The monoisotopic (exact) mass is 378 g/mol. The molecule has 1 aromatic heterocycles. The maximum atomic E-state index is 13.0. The van der Waals surface area contributed by atoms with Crippen LogP contribution in [0.25, 0.3) is 0 Å². The minimum Gasteiger partial charge on any atom is -0.481 e. The Kier molecular flexibility index (Phi) is 6.47. The van der Waals surface area contributed by atoms with Crippen molar-refractivity contribution in [1.82, 2.24) is 10.3 Å². The predicted molar refractivity (Wildman–Crippen MR) is 99.0 cm³/mol. The lowest BCUT2D eigenvalue weighted by molar-refractivity contribution is -0.149. The molecule has 2 rings (SSSR count). The smallest absolute Gasteiger partial charge is 0.311 e. The van der Waals surface area contributed by atoms with E-state index in [1.165, 1.54) is 23.5 Å². The molecule has 0 radical (unpaired) electrons. The third-order valence-electron chi connectivity index (χ3n) is 4.71. The van der Waals surface area contributed by atoms with E-state index < -0.39 is 11.4 Å². The summed E-state index contributed by atoms with van der Waals surface area (Å²) in [6.45, 7) is 5.45. The highest BCUT2D eigenvalue weighted by Gasteiger charge is 2.35. The number of nitrogens with zero attached hydrogens (tertiary/aromatic N) is 1. The molecule has 1 aromatic carbocycles. The van der Waals surface area contributed by atoms with E-state index in [-0.39, 0.29) is 18.3 Å². The molecule has 1 amide bonds. The number of thiazole rings is 1. The number of carbonyl (C=O) groups is 2. The lowest BCUT2D eigenvalue weighted by Gasteiger charge is -2.26. The molecular formula is C19H23FN2O3S. The van der Waals surface area contributed by atoms with E-state index in [0.29, 0.717) is 29.8 Å². The zero-order chi connectivity index (χ0) is 19.3. The van der Waals surface area contributed by atoms with Crippen molar-refractivity contribution in [3.8, 4) is 0 Å². The van der Waals surface area contributed by atoms with Crippen LogP contribution >= 0.6 is 11.3 Å². The molecule has 1 heterocycles. The minimum atomic E-state index is -0.953. The predicted octanol–water partition coefficient (Wildman–Crippen LogP) is 3.80. The molecule has 0 aliphatic heterocycles. The Morgan fingerprint density at radius 1 is 1.23 bits per heavy atom. The number of carboxylic acid groups (broad SMARTS) is 1. The first-order valence-corrected chi connectivity index (χ1v) is 9.35. The Hall–Kier alpha value is -2.28. The highest BCUT2D eigenvalue weighted by Crippen LogP contribution is 2.26. The van der Waals surface area contributed by atoms with Gasteiger partial charge in [-0.05, 0) is 37.5 Å². The summed E-state index contributed by atoms with van der Waals surface area (Å²) in [6, 6.07) is 6.17. The van der Waals surface area contributed by atoms with Crippen molar-refractivity contribution in [3.63, 3.8) is 0 Å². The lowest BCUT2D eigenvalue weighted by atomic mass is 9.82. The quantitative estimate of drug-likeness (QED) is 0.732. The Morgan fingerprint density at radius 3 is 2.38 bits per heavy atom. The van der Waals surface area contributed by atoms with E-state index in [0.717, 1.165) is 10.6 Å². The molecule has 0 aliphatic rings. The number of aryl methyl sites for hydroxylation is 1. The van der Waals surface area contributed by atoms with Crippen LogP contribution in [0.2, 0.25) is 0 Å². The van der Waals surface area contributed by atoms with Gasteiger partial charge in [0.15, 0.2) is 0 Å². The van der Waals surface area contributed by atoms with E-state index in [1.807, 2.05) is 13.8 Å². The summed E-state index contributed by atoms with van der Waals surface area (Å²) in [5.74, 6) is -1.50. The lowest BCUT2D eigenvalue weighted by Crippen LogP contribution is -2.42. The second kappa shape index (κ2) is 8.40. The fraction of sp³-hybridized carbons (Fsp3) is 0.421. The summed E-state index contributed by atoms with van der Waals surface area (Å²) in [5, 5.41) is 13.0. The summed E-state index contributed by atoms with van der Waals surface area (Å²) in [5.41, 5.74) is 0.568. The molecule has 5 nitrogen and oxygen atoms in total. The van der Waals surface area contributed by atoms with Crippen LogP contribution in [0.3, 0.4) is 0 Å². The summed E-state index contributed by atoms with van der Waals surface area (Å²) >= 11 is 1.28. The molecule has 0 saturated heterocycles. The number of amides is 1. The molecule has 2 N–H and O–H groups in total. The number of rotatable bonds is 8. The van der Waals surface area contributed by atoms with Crippen molar-refractivity contribution < 1.29 is 19.1 Å². The van der Waals surface area contributed by atoms with E-state index in [4.69, 9.17) is 0 Å². The van der Waals surface area contributed by atoms with Crippen LogP contribution in [-0.2, 0) is 11.2 Å². The highest BCUT2D eigenvalue weighted by atomic mass is 32.1. The van der Waals surface area contributed by atoms with Gasteiger partial charge in [-0.1, -0.05) is 26.0 Å². The van der Waals surface area contributed by atoms with Crippen molar-refractivity contribution >= 4 is 23.2 Å². The maximum absolute atomic E-state index is 13.0. The molecule has 26 heavy (non-hydrogen) atoms. The number of hydrogen-bond acceptors (Lipinski definition) is 4. The van der Waals surface area contributed by atoms with Crippen LogP contribution in [0, 0.1) is 18.2 Å². The van der Waals surface area contributed by atoms with Crippen molar-refractivity contribution in [2.45, 2.75) is 40.0 Å². The van der Waals surface area contributed by atoms with E-state index in [9.17, 15) is 19.1 Å². The Morgan fingerprint density at radius 2 is 1.85 bits per heavy atom. The van der Waals surface area contributed by atoms with E-state index >= 15 is 0 Å². The van der Waals surface area contributed by atoms with Gasteiger partial charge >= 0.3 is 5.97 Å². The van der Waals surface area contributed by atoms with E-state index in [2.05, 4.69) is 10.3 Å². The van der Waals surface area contributed by atoms with Gasteiger partial charge in [-0.3, -0.25) is 9.59 Å². The van der Waals surface area contributed by atoms with Crippen molar-refractivity contribution in [1.29, 1.82) is 0 Å². The molecule has 2 aromatic rings. The molecule has 0 aliphatic carbocycles. The third kappa shape index (κ3) is 4.46. The summed E-state index contributed by atoms with van der Waals surface area (Å²) in [6.07, 6.45) is 1.40. The first kappa shape index (κ1) is 20.0. The largest absolute Gasteiger partial charge is 0.481 e. The van der Waals surface area contributed by atoms with Crippen LogP contribution in [0.1, 0.15) is 52.6 Å². The fourth-order valence-electron chi connectivity index (χ4n) is 2.72. The van der Waals surface area contributed by atoms with Crippen LogP contribution < -0.4 is 5.32 Å². The van der Waals surface area contributed by atoms with Crippen LogP contribution in [0.4, 0.5) is 4.39 Å². The maximum Gasteiger partial charge on any atom is 0.311 e. The zero-order valence-electron chi connectivity index (χ0n) is 15.1. The number of halogens is 1. The molecule has 0 atom stereocenters. The van der Waals surface area contributed by atoms with Crippen LogP contribution in [0.15, 0.2) is 24.3 Å².